The molecule has 8 heteroatoms. The number of pyridine rings is 1. The molecular weight excluding hydrogens is 358 g/mol. The van der Waals surface area contributed by atoms with Crippen molar-refractivity contribution in [2.75, 3.05) is 0 Å². The summed E-state index contributed by atoms with van der Waals surface area (Å²) in [5.41, 5.74) is 4.04. The highest BCUT2D eigenvalue weighted by molar-refractivity contribution is 6.06. The van der Waals surface area contributed by atoms with Gasteiger partial charge < -0.3 is 14.4 Å². The number of hydrogen-bond acceptors (Lipinski definition) is 7. The summed E-state index contributed by atoms with van der Waals surface area (Å²) in [6.07, 6.45) is 0. The minimum absolute atomic E-state index is 0.287. The van der Waals surface area contributed by atoms with Gasteiger partial charge in [-0.3, -0.25) is 4.79 Å². The van der Waals surface area contributed by atoms with Crippen molar-refractivity contribution < 1.29 is 13.8 Å². The van der Waals surface area contributed by atoms with Crippen molar-refractivity contribution in [3.63, 3.8) is 0 Å². The van der Waals surface area contributed by atoms with Gasteiger partial charge in [-0.05, 0) is 39.8 Å². The molecule has 0 saturated carbocycles. The topological polar surface area (TPSA) is 107 Å². The molecule has 0 radical (unpaired) electrons. The van der Waals surface area contributed by atoms with Gasteiger partial charge in [0.2, 0.25) is 11.7 Å². The Morgan fingerprint density at radius 1 is 1.07 bits per heavy atom. The molecule has 0 bridgehead atoms. The van der Waals surface area contributed by atoms with E-state index in [1.807, 2.05) is 31.2 Å². The lowest BCUT2D eigenvalue weighted by molar-refractivity contribution is 0.0934. The van der Waals surface area contributed by atoms with Crippen molar-refractivity contribution in [1.82, 2.24) is 25.6 Å². The molecule has 0 spiro atoms. The first-order valence-corrected chi connectivity index (χ1v) is 8.87. The number of hydrogen-bond donors (Lipinski definition) is 1. The van der Waals surface area contributed by atoms with Gasteiger partial charge >= 0.3 is 0 Å². The van der Waals surface area contributed by atoms with Crippen LogP contribution in [0.4, 0.5) is 0 Å². The number of nitrogens with zero attached hydrogens (tertiary/aromatic N) is 4. The summed E-state index contributed by atoms with van der Waals surface area (Å²) >= 11 is 0. The van der Waals surface area contributed by atoms with E-state index < -0.39 is 6.04 Å². The Labute approximate surface area is 160 Å². The maximum atomic E-state index is 12.9. The van der Waals surface area contributed by atoms with Crippen molar-refractivity contribution in [1.29, 1.82) is 0 Å². The summed E-state index contributed by atoms with van der Waals surface area (Å²) in [6.45, 7) is 7.35. The molecular formula is C20H19N5O3. The van der Waals surface area contributed by atoms with Crippen LogP contribution < -0.4 is 5.32 Å². The minimum atomic E-state index is -0.470. The minimum Gasteiger partial charge on any atom is -0.340 e. The van der Waals surface area contributed by atoms with Crippen LogP contribution in [0.1, 0.15) is 46.2 Å². The lowest BCUT2D eigenvalue weighted by Crippen LogP contribution is -2.27. The van der Waals surface area contributed by atoms with Gasteiger partial charge in [0, 0.05) is 11.3 Å². The van der Waals surface area contributed by atoms with Crippen LogP contribution in [-0.2, 0) is 0 Å². The number of carbonyl (C=O) groups is 1. The molecule has 0 unspecified atom stereocenters. The molecule has 142 valence electrons. The molecule has 0 saturated heterocycles. The van der Waals surface area contributed by atoms with Crippen LogP contribution in [0.5, 0.6) is 0 Å². The van der Waals surface area contributed by atoms with Crippen molar-refractivity contribution >= 4 is 17.0 Å². The van der Waals surface area contributed by atoms with Gasteiger partial charge in [0.15, 0.2) is 0 Å². The molecule has 4 rings (SSSR count). The van der Waals surface area contributed by atoms with Crippen LogP contribution in [0.2, 0.25) is 0 Å². The average molecular weight is 377 g/mol. The molecule has 0 aliphatic carbocycles. The zero-order valence-corrected chi connectivity index (χ0v) is 16.0. The fourth-order valence-electron chi connectivity index (χ4n) is 3.05. The number of benzene rings is 1. The maximum absolute atomic E-state index is 12.9. The normalized spacial score (nSPS) is 12.3. The van der Waals surface area contributed by atoms with Crippen molar-refractivity contribution in [2.45, 2.75) is 33.7 Å². The number of amides is 1. The number of aromatic nitrogens is 4. The van der Waals surface area contributed by atoms with Gasteiger partial charge in [-0.1, -0.05) is 34.1 Å². The second kappa shape index (κ2) is 6.88. The number of nitrogens with one attached hydrogen (secondary N) is 1. The van der Waals surface area contributed by atoms with E-state index in [2.05, 4.69) is 25.6 Å². The second-order valence-electron chi connectivity index (χ2n) is 6.78. The number of aryl methyl sites for hydroxylation is 3. The molecule has 1 aromatic carbocycles. The van der Waals surface area contributed by atoms with E-state index in [4.69, 9.17) is 9.05 Å². The van der Waals surface area contributed by atoms with Crippen LogP contribution in [0.3, 0.4) is 0 Å². The zero-order chi connectivity index (χ0) is 19.8. The Morgan fingerprint density at radius 2 is 1.89 bits per heavy atom. The van der Waals surface area contributed by atoms with Gasteiger partial charge in [0.1, 0.15) is 6.04 Å². The monoisotopic (exact) mass is 377 g/mol. The van der Waals surface area contributed by atoms with Crippen LogP contribution in [0.15, 0.2) is 39.4 Å². The van der Waals surface area contributed by atoms with Crippen molar-refractivity contribution in [2.24, 2.45) is 0 Å². The zero-order valence-electron chi connectivity index (χ0n) is 16.0. The van der Waals surface area contributed by atoms with Gasteiger partial charge in [0.05, 0.1) is 16.6 Å². The molecule has 0 aliphatic heterocycles. The third kappa shape index (κ3) is 3.24. The van der Waals surface area contributed by atoms with Gasteiger partial charge in [-0.25, -0.2) is 4.98 Å². The molecule has 1 atom stereocenters. The lowest BCUT2D eigenvalue weighted by atomic mass is 10.1. The Kier molecular flexibility index (Phi) is 4.38. The van der Waals surface area contributed by atoms with E-state index in [0.29, 0.717) is 39.8 Å². The van der Waals surface area contributed by atoms with E-state index in [1.165, 1.54) is 0 Å². The van der Waals surface area contributed by atoms with Crippen molar-refractivity contribution in [3.05, 3.63) is 58.7 Å². The molecule has 1 amide bonds. The molecule has 1 N–H and O–H groups in total. The van der Waals surface area contributed by atoms with Crippen LogP contribution in [0.25, 0.3) is 22.5 Å². The highest BCUT2D eigenvalue weighted by Crippen LogP contribution is 2.23. The van der Waals surface area contributed by atoms with Crippen LogP contribution in [-0.4, -0.2) is 26.2 Å². The summed E-state index contributed by atoms with van der Waals surface area (Å²) in [4.78, 5) is 21.6. The first-order chi connectivity index (χ1) is 13.4. The van der Waals surface area contributed by atoms with E-state index in [0.717, 1.165) is 11.1 Å². The van der Waals surface area contributed by atoms with E-state index in [9.17, 15) is 4.79 Å². The second-order valence-corrected chi connectivity index (χ2v) is 6.78. The largest absolute Gasteiger partial charge is 0.340 e. The quantitative estimate of drug-likeness (QED) is 0.578. The molecule has 4 aromatic rings. The fourth-order valence-corrected chi connectivity index (χ4v) is 3.05. The summed E-state index contributed by atoms with van der Waals surface area (Å²) in [5.74, 6) is 0.523. The smallest absolute Gasteiger partial charge is 0.258 e. The van der Waals surface area contributed by atoms with Gasteiger partial charge in [-0.2, -0.15) is 4.98 Å². The standard InChI is InChI=1S/C20H19N5O3/c1-10-6-5-7-14(8-10)17-23-19(27-25-17)13(4)22-18(26)15-9-11(2)21-20-16(15)12(3)24-28-20/h5-9,13H,1-4H3,(H,22,26)/t13-/m1/s1. The van der Waals surface area contributed by atoms with E-state index in [-0.39, 0.29) is 5.91 Å². The third-order valence-corrected chi connectivity index (χ3v) is 4.43. The maximum Gasteiger partial charge on any atom is 0.258 e. The lowest BCUT2D eigenvalue weighted by Gasteiger charge is -2.10. The molecule has 3 heterocycles. The van der Waals surface area contributed by atoms with Crippen LogP contribution in [0, 0.1) is 20.8 Å². The van der Waals surface area contributed by atoms with Crippen LogP contribution >= 0.6 is 0 Å². The molecule has 0 fully saturated rings. The first-order valence-electron chi connectivity index (χ1n) is 8.87. The Morgan fingerprint density at radius 3 is 2.68 bits per heavy atom. The average Bonchev–Trinajstić information content (AvgIpc) is 3.28. The summed E-state index contributed by atoms with van der Waals surface area (Å²) in [7, 11) is 0. The fraction of sp³-hybridized carbons (Fsp3) is 0.250. The van der Waals surface area contributed by atoms with Crippen molar-refractivity contribution in [3.8, 4) is 11.4 Å². The third-order valence-electron chi connectivity index (χ3n) is 4.43. The first kappa shape index (κ1) is 17.8. The summed E-state index contributed by atoms with van der Waals surface area (Å²) < 4.78 is 10.5. The molecule has 8 nitrogen and oxygen atoms in total. The molecule has 0 aliphatic rings. The van der Waals surface area contributed by atoms with Gasteiger partial charge in [0.25, 0.3) is 11.6 Å². The molecule has 3 aromatic heterocycles. The van der Waals surface area contributed by atoms with E-state index >= 15 is 0 Å². The predicted octanol–water partition coefficient (Wildman–Crippen LogP) is 3.69. The number of carbonyl (C=O) groups excluding carboxylic acids is 1. The van der Waals surface area contributed by atoms with Gasteiger partial charge in [-0.15, -0.1) is 0 Å². The highest BCUT2D eigenvalue weighted by Gasteiger charge is 2.22. The number of fused-ring (bicyclic) bond motifs is 1. The number of rotatable bonds is 4. The SMILES string of the molecule is Cc1cccc(-c2noc([C@@H](C)NC(=O)c3cc(C)nc4onc(C)c34)n2)c1. The summed E-state index contributed by atoms with van der Waals surface area (Å²) in [6, 6.07) is 9.06. The van der Waals surface area contributed by atoms with E-state index in [1.54, 1.807) is 26.8 Å². The Hall–Kier alpha value is -3.55. The predicted molar refractivity (Wildman–Crippen MR) is 102 cm³/mol. The highest BCUT2D eigenvalue weighted by atomic mass is 16.5. The summed E-state index contributed by atoms with van der Waals surface area (Å²) in [5, 5.41) is 11.4. The Balaban J connectivity index is 1.58. The molecule has 28 heavy (non-hydrogen) atoms. The Bertz CT molecular complexity index is 1180.